The molecule has 0 aromatic rings. The third-order valence-corrected chi connectivity index (χ3v) is 2.44. The van der Waals surface area contributed by atoms with Crippen molar-refractivity contribution in [2.24, 2.45) is 0 Å². The van der Waals surface area contributed by atoms with Gasteiger partial charge in [0.1, 0.15) is 0 Å². The van der Waals surface area contributed by atoms with Crippen molar-refractivity contribution in [3.63, 3.8) is 0 Å². The summed E-state index contributed by atoms with van der Waals surface area (Å²) >= 11 is 0. The maximum atomic E-state index is 8.62. The number of aliphatic hydroxyl groups is 1. The van der Waals surface area contributed by atoms with E-state index in [-0.39, 0.29) is 6.61 Å². The molecule has 1 rings (SSSR count). The third-order valence-electron chi connectivity index (χ3n) is 2.44. The average Bonchev–Trinajstić information content (AvgIpc) is 2.79. The third kappa shape index (κ3) is 3.55. The van der Waals surface area contributed by atoms with Gasteiger partial charge in [0.25, 0.3) is 0 Å². The molecule has 0 spiro atoms. The van der Waals surface area contributed by atoms with Crippen LogP contribution < -0.4 is 0 Å². The fourth-order valence-electron chi connectivity index (χ4n) is 1.59. The van der Waals surface area contributed by atoms with Crippen LogP contribution in [0.3, 0.4) is 0 Å². The van der Waals surface area contributed by atoms with Gasteiger partial charge >= 0.3 is 0 Å². The molecule has 0 aromatic carbocycles. The average molecular weight is 172 g/mol. The van der Waals surface area contributed by atoms with Gasteiger partial charge in [0, 0.05) is 6.61 Å². The molecule has 0 aliphatic carbocycles. The van der Waals surface area contributed by atoms with Crippen LogP contribution in [0.15, 0.2) is 0 Å². The molecule has 1 heterocycles. The first-order valence-corrected chi connectivity index (χ1v) is 5.14. The van der Waals surface area contributed by atoms with Crippen molar-refractivity contribution in [1.82, 2.24) is 0 Å². The monoisotopic (exact) mass is 172 g/mol. The summed E-state index contributed by atoms with van der Waals surface area (Å²) in [6.07, 6.45) is 8.17. The molecule has 1 aliphatic rings. The molecule has 2 atom stereocenters. The molecule has 2 nitrogen and oxygen atoms in total. The zero-order valence-corrected chi connectivity index (χ0v) is 7.96. The van der Waals surface area contributed by atoms with Crippen LogP contribution in [0, 0.1) is 0 Å². The summed E-state index contributed by atoms with van der Waals surface area (Å²) in [6, 6.07) is 0. The minimum Gasteiger partial charge on any atom is -0.396 e. The standard InChI is InChI=1S/C10H20O2/c1-2-3-4-5-6-9-10(12-9)7-8-11/h9-11H,2-8H2,1H3/t9-,10-/m1/s1. The van der Waals surface area contributed by atoms with Crippen LogP contribution in [0.5, 0.6) is 0 Å². The summed E-state index contributed by atoms with van der Waals surface area (Å²) in [5.74, 6) is 0. The van der Waals surface area contributed by atoms with Crippen LogP contribution in [0.4, 0.5) is 0 Å². The van der Waals surface area contributed by atoms with Gasteiger partial charge in [-0.15, -0.1) is 0 Å². The molecule has 72 valence electrons. The molecule has 1 fully saturated rings. The van der Waals surface area contributed by atoms with Crippen molar-refractivity contribution < 1.29 is 9.84 Å². The second-order valence-electron chi connectivity index (χ2n) is 3.57. The van der Waals surface area contributed by atoms with Gasteiger partial charge < -0.3 is 9.84 Å². The van der Waals surface area contributed by atoms with E-state index in [1.165, 1.54) is 32.1 Å². The van der Waals surface area contributed by atoms with Gasteiger partial charge in [-0.2, -0.15) is 0 Å². The fraction of sp³-hybridized carbons (Fsp3) is 1.00. The first-order valence-electron chi connectivity index (χ1n) is 5.14. The predicted octanol–water partition coefficient (Wildman–Crippen LogP) is 2.11. The Bertz CT molecular complexity index is 114. The SMILES string of the molecule is CCCCCC[C@H]1O[C@@H]1CCO. The predicted molar refractivity (Wildman–Crippen MR) is 49.1 cm³/mol. The number of unbranched alkanes of at least 4 members (excludes halogenated alkanes) is 3. The number of ether oxygens (including phenoxy) is 1. The van der Waals surface area contributed by atoms with E-state index in [1.807, 2.05) is 0 Å². The Balaban J connectivity index is 1.83. The fourth-order valence-corrected chi connectivity index (χ4v) is 1.59. The van der Waals surface area contributed by atoms with E-state index in [0.717, 1.165) is 6.42 Å². The molecule has 0 unspecified atom stereocenters. The van der Waals surface area contributed by atoms with Gasteiger partial charge in [-0.25, -0.2) is 0 Å². The first kappa shape index (κ1) is 10.0. The summed E-state index contributed by atoms with van der Waals surface area (Å²) in [5, 5.41) is 8.62. The van der Waals surface area contributed by atoms with Crippen molar-refractivity contribution in [2.75, 3.05) is 6.61 Å². The highest BCUT2D eigenvalue weighted by Gasteiger charge is 2.36. The molecule has 1 N–H and O–H groups in total. The topological polar surface area (TPSA) is 32.8 Å². The maximum absolute atomic E-state index is 8.62. The van der Waals surface area contributed by atoms with Crippen molar-refractivity contribution in [3.05, 3.63) is 0 Å². The Kier molecular flexibility index (Phi) is 4.62. The highest BCUT2D eigenvalue weighted by atomic mass is 16.6. The summed E-state index contributed by atoms with van der Waals surface area (Å²) in [7, 11) is 0. The summed E-state index contributed by atoms with van der Waals surface area (Å²) in [5.41, 5.74) is 0. The van der Waals surface area contributed by atoms with Gasteiger partial charge in [-0.3, -0.25) is 0 Å². The Labute approximate surface area is 74.9 Å². The van der Waals surface area contributed by atoms with Gasteiger partial charge in [0.15, 0.2) is 0 Å². The van der Waals surface area contributed by atoms with Crippen LogP contribution in [0.2, 0.25) is 0 Å². The molecule has 12 heavy (non-hydrogen) atoms. The Morgan fingerprint density at radius 2 is 1.83 bits per heavy atom. The van der Waals surface area contributed by atoms with Crippen molar-refractivity contribution in [3.8, 4) is 0 Å². The molecule has 2 heteroatoms. The van der Waals surface area contributed by atoms with Crippen molar-refractivity contribution >= 4 is 0 Å². The molecule has 0 radical (unpaired) electrons. The number of aliphatic hydroxyl groups excluding tert-OH is 1. The number of rotatable bonds is 7. The summed E-state index contributed by atoms with van der Waals surface area (Å²) < 4.78 is 5.38. The van der Waals surface area contributed by atoms with Crippen LogP contribution in [-0.2, 0) is 4.74 Å². The van der Waals surface area contributed by atoms with Crippen LogP contribution >= 0.6 is 0 Å². The van der Waals surface area contributed by atoms with Crippen LogP contribution in [0.1, 0.15) is 45.4 Å². The first-order chi connectivity index (χ1) is 5.88. The van der Waals surface area contributed by atoms with Gasteiger partial charge in [-0.1, -0.05) is 32.6 Å². The molecular formula is C10H20O2. The quantitative estimate of drug-likeness (QED) is 0.471. The van der Waals surface area contributed by atoms with E-state index in [9.17, 15) is 0 Å². The lowest BCUT2D eigenvalue weighted by Crippen LogP contribution is -1.96. The second kappa shape index (κ2) is 5.55. The van der Waals surface area contributed by atoms with E-state index in [1.54, 1.807) is 0 Å². The van der Waals surface area contributed by atoms with E-state index < -0.39 is 0 Å². The Hall–Kier alpha value is -0.0800. The van der Waals surface area contributed by atoms with Crippen LogP contribution in [0.25, 0.3) is 0 Å². The minimum absolute atomic E-state index is 0.274. The van der Waals surface area contributed by atoms with E-state index in [4.69, 9.17) is 9.84 Å². The van der Waals surface area contributed by atoms with E-state index in [2.05, 4.69) is 6.92 Å². The largest absolute Gasteiger partial charge is 0.396 e. The molecular weight excluding hydrogens is 152 g/mol. The van der Waals surface area contributed by atoms with E-state index >= 15 is 0 Å². The van der Waals surface area contributed by atoms with Crippen LogP contribution in [-0.4, -0.2) is 23.9 Å². The summed E-state index contributed by atoms with van der Waals surface area (Å²) in [6.45, 7) is 2.50. The lowest BCUT2D eigenvalue weighted by Gasteiger charge is -1.95. The molecule has 1 aliphatic heterocycles. The number of epoxide rings is 1. The van der Waals surface area contributed by atoms with Crippen molar-refractivity contribution in [2.45, 2.75) is 57.7 Å². The van der Waals surface area contributed by atoms with Gasteiger partial charge in [0.2, 0.25) is 0 Å². The lowest BCUT2D eigenvalue weighted by atomic mass is 10.1. The van der Waals surface area contributed by atoms with Gasteiger partial charge in [0.05, 0.1) is 12.2 Å². The summed E-state index contributed by atoms with van der Waals surface area (Å²) in [4.78, 5) is 0. The second-order valence-corrected chi connectivity index (χ2v) is 3.57. The van der Waals surface area contributed by atoms with Gasteiger partial charge in [-0.05, 0) is 12.8 Å². The zero-order chi connectivity index (χ0) is 8.81. The molecule has 0 amide bonds. The Morgan fingerprint density at radius 3 is 2.50 bits per heavy atom. The highest BCUT2D eigenvalue weighted by molar-refractivity contribution is 4.83. The maximum Gasteiger partial charge on any atom is 0.0863 e. The molecule has 0 saturated carbocycles. The smallest absolute Gasteiger partial charge is 0.0863 e. The number of hydrogen-bond donors (Lipinski definition) is 1. The zero-order valence-electron chi connectivity index (χ0n) is 7.96. The van der Waals surface area contributed by atoms with Crippen molar-refractivity contribution in [1.29, 1.82) is 0 Å². The van der Waals surface area contributed by atoms with E-state index in [0.29, 0.717) is 12.2 Å². The molecule has 0 bridgehead atoms. The molecule has 1 saturated heterocycles. The molecule has 0 aromatic heterocycles. The number of hydrogen-bond acceptors (Lipinski definition) is 2. The lowest BCUT2D eigenvalue weighted by molar-refractivity contribution is 0.262. The Morgan fingerprint density at radius 1 is 1.08 bits per heavy atom. The normalized spacial score (nSPS) is 27.5. The highest BCUT2D eigenvalue weighted by Crippen LogP contribution is 2.29. The minimum atomic E-state index is 0.274.